The third-order valence-corrected chi connectivity index (χ3v) is 7.22. The summed E-state index contributed by atoms with van der Waals surface area (Å²) >= 11 is 0. The molecule has 5 rings (SSSR count). The Bertz CT molecular complexity index is 1690. The van der Waals surface area contributed by atoms with Gasteiger partial charge in [-0.2, -0.15) is 4.98 Å². The van der Waals surface area contributed by atoms with Gasteiger partial charge in [0.15, 0.2) is 11.2 Å². The molecule has 1 aliphatic rings. The van der Waals surface area contributed by atoms with Crippen LogP contribution in [0.5, 0.6) is 0 Å². The van der Waals surface area contributed by atoms with Crippen LogP contribution in [0.3, 0.4) is 0 Å². The monoisotopic (exact) mass is 534 g/mol. The molecule has 12 heteroatoms. The van der Waals surface area contributed by atoms with Gasteiger partial charge in [-0.1, -0.05) is 6.07 Å². The van der Waals surface area contributed by atoms with Gasteiger partial charge in [-0.25, -0.2) is 14.8 Å². The molecule has 1 unspecified atom stereocenters. The van der Waals surface area contributed by atoms with Gasteiger partial charge < -0.3 is 19.9 Å². The van der Waals surface area contributed by atoms with Gasteiger partial charge >= 0.3 is 11.7 Å². The average Bonchev–Trinajstić information content (AvgIpc) is 3.30. The minimum absolute atomic E-state index is 0.000206. The van der Waals surface area contributed by atoms with Crippen LogP contribution in [0.2, 0.25) is 0 Å². The van der Waals surface area contributed by atoms with Crippen molar-refractivity contribution < 1.29 is 9.53 Å². The lowest BCUT2D eigenvalue weighted by atomic mass is 10.1. The largest absolute Gasteiger partial charge is 0.465 e. The first-order valence-electron chi connectivity index (χ1n) is 13.4. The van der Waals surface area contributed by atoms with Crippen LogP contribution in [0, 0.1) is 13.8 Å². The predicted octanol–water partition coefficient (Wildman–Crippen LogP) is 1.48. The van der Waals surface area contributed by atoms with Crippen molar-refractivity contribution in [1.29, 1.82) is 0 Å². The molecule has 0 saturated carbocycles. The van der Waals surface area contributed by atoms with E-state index >= 15 is 0 Å². The molecule has 0 radical (unpaired) electrons. The Morgan fingerprint density at radius 2 is 1.79 bits per heavy atom. The van der Waals surface area contributed by atoms with Crippen LogP contribution in [0.4, 0.5) is 5.95 Å². The van der Waals surface area contributed by atoms with Gasteiger partial charge in [-0.15, -0.1) is 0 Å². The Kier molecular flexibility index (Phi) is 7.21. The maximum absolute atomic E-state index is 13.9. The summed E-state index contributed by atoms with van der Waals surface area (Å²) in [5.41, 5.74) is 9.35. The second-order valence-electron chi connectivity index (χ2n) is 9.96. The molecular formula is C27H34N8O4. The standard InChI is InChI=1S/C27H34N8O4/c1-5-33-23-24(31-26(33)32-11-7-8-19(28)14-32)34(15-22(36)39-6-2)27(38)35(25(23)37)13-18-9-10-20-21(12-18)30-17(4)16(3)29-20/h9-10,12,19H,5-8,11,13-15,28H2,1-4H3. The number of esters is 1. The first-order chi connectivity index (χ1) is 18.7. The number of benzene rings is 1. The highest BCUT2D eigenvalue weighted by Gasteiger charge is 2.27. The summed E-state index contributed by atoms with van der Waals surface area (Å²) in [4.78, 5) is 56.2. The molecule has 3 aromatic heterocycles. The zero-order valence-corrected chi connectivity index (χ0v) is 22.8. The first-order valence-corrected chi connectivity index (χ1v) is 13.4. The van der Waals surface area contributed by atoms with E-state index in [1.807, 2.05) is 48.4 Å². The second kappa shape index (κ2) is 10.6. The van der Waals surface area contributed by atoms with Crippen molar-refractivity contribution in [1.82, 2.24) is 28.7 Å². The number of carbonyl (C=O) groups excluding carboxylic acids is 1. The van der Waals surface area contributed by atoms with Crippen molar-refractivity contribution in [3.05, 3.63) is 56.0 Å². The van der Waals surface area contributed by atoms with Gasteiger partial charge in [0, 0.05) is 25.7 Å². The summed E-state index contributed by atoms with van der Waals surface area (Å²) in [6.07, 6.45) is 1.82. The Morgan fingerprint density at radius 1 is 1.05 bits per heavy atom. The van der Waals surface area contributed by atoms with Gasteiger partial charge in [0.2, 0.25) is 5.95 Å². The normalized spacial score (nSPS) is 15.8. The quantitative estimate of drug-likeness (QED) is 0.349. The van der Waals surface area contributed by atoms with Crippen LogP contribution >= 0.6 is 0 Å². The number of piperidine rings is 1. The van der Waals surface area contributed by atoms with E-state index in [9.17, 15) is 14.4 Å². The van der Waals surface area contributed by atoms with E-state index in [2.05, 4.69) is 9.97 Å². The highest BCUT2D eigenvalue weighted by atomic mass is 16.5. The predicted molar refractivity (Wildman–Crippen MR) is 148 cm³/mol. The van der Waals surface area contributed by atoms with Crippen LogP contribution in [0.25, 0.3) is 22.2 Å². The Labute approximate surface area is 225 Å². The summed E-state index contributed by atoms with van der Waals surface area (Å²) in [6, 6.07) is 5.48. The molecule has 1 aliphatic heterocycles. The number of aryl methyl sites for hydroxylation is 3. The van der Waals surface area contributed by atoms with Crippen molar-refractivity contribution in [3.8, 4) is 0 Å². The number of aromatic nitrogens is 6. The van der Waals surface area contributed by atoms with E-state index in [4.69, 9.17) is 15.5 Å². The molecule has 4 heterocycles. The zero-order chi connectivity index (χ0) is 27.8. The molecule has 0 aliphatic carbocycles. The van der Waals surface area contributed by atoms with Crippen LogP contribution in [0.15, 0.2) is 27.8 Å². The van der Waals surface area contributed by atoms with Crippen LogP contribution < -0.4 is 21.9 Å². The second-order valence-corrected chi connectivity index (χ2v) is 9.96. The highest BCUT2D eigenvalue weighted by Crippen LogP contribution is 2.23. The lowest BCUT2D eigenvalue weighted by Gasteiger charge is -2.31. The molecule has 0 amide bonds. The zero-order valence-electron chi connectivity index (χ0n) is 22.8. The number of nitrogens with two attached hydrogens (primary N) is 1. The fraction of sp³-hybridized carbons (Fsp3) is 0.481. The summed E-state index contributed by atoms with van der Waals surface area (Å²) in [5, 5.41) is 0. The van der Waals surface area contributed by atoms with Crippen LogP contribution in [-0.4, -0.2) is 60.4 Å². The van der Waals surface area contributed by atoms with Crippen molar-refractivity contribution in [2.75, 3.05) is 24.6 Å². The van der Waals surface area contributed by atoms with E-state index < -0.39 is 17.2 Å². The fourth-order valence-corrected chi connectivity index (χ4v) is 5.19. The summed E-state index contributed by atoms with van der Waals surface area (Å²) < 4.78 is 9.34. The Morgan fingerprint density at radius 3 is 2.49 bits per heavy atom. The number of rotatable bonds is 7. The fourth-order valence-electron chi connectivity index (χ4n) is 5.19. The lowest BCUT2D eigenvalue weighted by Crippen LogP contribution is -2.44. The molecule has 1 aromatic carbocycles. The third kappa shape index (κ3) is 4.91. The molecule has 0 spiro atoms. The number of fused-ring (bicyclic) bond motifs is 2. The maximum atomic E-state index is 13.9. The number of imidazole rings is 1. The number of anilines is 1. The molecule has 206 valence electrons. The Balaban J connectivity index is 1.69. The maximum Gasteiger partial charge on any atom is 0.333 e. The van der Waals surface area contributed by atoms with E-state index in [1.165, 1.54) is 4.57 Å². The molecule has 1 fully saturated rings. The van der Waals surface area contributed by atoms with Gasteiger partial charge in [-0.3, -0.25) is 18.7 Å². The molecule has 1 saturated heterocycles. The average molecular weight is 535 g/mol. The van der Waals surface area contributed by atoms with Gasteiger partial charge in [-0.05, 0) is 58.2 Å². The first kappa shape index (κ1) is 26.5. The van der Waals surface area contributed by atoms with E-state index in [0.717, 1.165) is 40.9 Å². The molecule has 39 heavy (non-hydrogen) atoms. The van der Waals surface area contributed by atoms with Crippen LogP contribution in [0.1, 0.15) is 43.6 Å². The SMILES string of the molecule is CCOC(=O)Cn1c(=O)n(Cc2ccc3nc(C)c(C)nc3c2)c(=O)c2c1nc(N1CCCC(N)C1)n2CC. The van der Waals surface area contributed by atoms with Crippen molar-refractivity contribution in [2.24, 2.45) is 5.73 Å². The third-order valence-electron chi connectivity index (χ3n) is 7.22. The van der Waals surface area contributed by atoms with E-state index in [1.54, 1.807) is 6.92 Å². The number of carbonyl (C=O) groups is 1. The Hall–Kier alpha value is -4.06. The lowest BCUT2D eigenvalue weighted by molar-refractivity contribution is -0.143. The van der Waals surface area contributed by atoms with Crippen LogP contribution in [-0.2, 0) is 29.2 Å². The van der Waals surface area contributed by atoms with Crippen molar-refractivity contribution in [2.45, 2.75) is 66.2 Å². The molecule has 2 N–H and O–H groups in total. The number of hydrogen-bond donors (Lipinski definition) is 1. The summed E-state index contributed by atoms with van der Waals surface area (Å²) in [6.45, 7) is 9.02. The minimum atomic E-state index is -0.630. The summed E-state index contributed by atoms with van der Waals surface area (Å²) in [7, 11) is 0. The number of ether oxygens (including phenoxy) is 1. The van der Waals surface area contributed by atoms with Crippen molar-refractivity contribution in [3.63, 3.8) is 0 Å². The summed E-state index contributed by atoms with van der Waals surface area (Å²) in [5.74, 6) is -0.00755. The number of nitrogens with zero attached hydrogens (tertiary/aromatic N) is 7. The highest BCUT2D eigenvalue weighted by molar-refractivity contribution is 5.78. The number of hydrogen-bond acceptors (Lipinski definition) is 9. The van der Waals surface area contributed by atoms with Gasteiger partial charge in [0.05, 0.1) is 35.6 Å². The van der Waals surface area contributed by atoms with Crippen molar-refractivity contribution >= 4 is 34.1 Å². The minimum Gasteiger partial charge on any atom is -0.465 e. The molecule has 0 bridgehead atoms. The molecular weight excluding hydrogens is 500 g/mol. The molecule has 4 aromatic rings. The van der Waals surface area contributed by atoms with E-state index in [0.29, 0.717) is 30.1 Å². The smallest absolute Gasteiger partial charge is 0.333 e. The topological polar surface area (TPSA) is 143 Å². The molecule has 12 nitrogen and oxygen atoms in total. The van der Waals surface area contributed by atoms with E-state index in [-0.39, 0.29) is 36.9 Å². The molecule has 1 atom stereocenters. The van der Waals surface area contributed by atoms with Gasteiger partial charge in [0.1, 0.15) is 6.54 Å². The van der Waals surface area contributed by atoms with Gasteiger partial charge in [0.25, 0.3) is 5.56 Å².